The summed E-state index contributed by atoms with van der Waals surface area (Å²) in [5.41, 5.74) is 0.142. The Bertz CT molecular complexity index is 608. The number of morpholine rings is 1. The number of halogens is 1. The first-order valence-electron chi connectivity index (χ1n) is 9.04. The molecule has 0 unspecified atom stereocenters. The third-order valence-corrected chi connectivity index (χ3v) is 5.14. The van der Waals surface area contributed by atoms with Gasteiger partial charge in [-0.15, -0.1) is 0 Å². The lowest BCUT2D eigenvalue weighted by molar-refractivity contribution is -0.135. The highest BCUT2D eigenvalue weighted by atomic mass is 19.1. The van der Waals surface area contributed by atoms with Gasteiger partial charge >= 0.3 is 0 Å². The normalized spacial score (nSPS) is 19.1. The van der Waals surface area contributed by atoms with E-state index in [2.05, 4.69) is 0 Å². The molecule has 136 valence electrons. The van der Waals surface area contributed by atoms with E-state index in [0.29, 0.717) is 51.7 Å². The highest BCUT2D eigenvalue weighted by Gasteiger charge is 2.26. The molecule has 2 aliphatic heterocycles. The number of piperidine rings is 1. The molecule has 2 aliphatic rings. The maximum absolute atomic E-state index is 13.8. The molecule has 5 nitrogen and oxygen atoms in total. The van der Waals surface area contributed by atoms with Crippen molar-refractivity contribution in [3.63, 3.8) is 0 Å². The predicted octanol–water partition coefficient (Wildman–Crippen LogP) is 2.32. The molecule has 2 saturated heterocycles. The second-order valence-corrected chi connectivity index (χ2v) is 6.75. The Morgan fingerprint density at radius 2 is 1.72 bits per heavy atom. The van der Waals surface area contributed by atoms with Crippen LogP contribution in [0.25, 0.3) is 0 Å². The van der Waals surface area contributed by atoms with Gasteiger partial charge in [-0.1, -0.05) is 12.1 Å². The number of rotatable bonds is 4. The molecule has 2 fully saturated rings. The number of hydrogen-bond donors (Lipinski definition) is 0. The molecule has 0 radical (unpaired) electrons. The van der Waals surface area contributed by atoms with Crippen LogP contribution in [0.1, 0.15) is 36.0 Å². The van der Waals surface area contributed by atoms with Crippen LogP contribution in [0.5, 0.6) is 0 Å². The molecule has 0 atom stereocenters. The van der Waals surface area contributed by atoms with Crippen molar-refractivity contribution in [2.45, 2.75) is 25.7 Å². The zero-order chi connectivity index (χ0) is 17.6. The van der Waals surface area contributed by atoms with Crippen LogP contribution in [0.3, 0.4) is 0 Å². The standard InChI is InChI=1S/C19H25FN2O3/c20-17-4-2-1-3-16(17)19(24)22-9-7-15(8-10-22)5-6-18(23)21-11-13-25-14-12-21/h1-4,15H,5-14H2. The van der Waals surface area contributed by atoms with Crippen LogP contribution in [-0.4, -0.2) is 61.0 Å². The number of benzene rings is 1. The van der Waals surface area contributed by atoms with Crippen LogP contribution in [0.2, 0.25) is 0 Å². The molecule has 25 heavy (non-hydrogen) atoms. The van der Waals surface area contributed by atoms with Crippen molar-refractivity contribution in [3.05, 3.63) is 35.6 Å². The molecule has 0 aliphatic carbocycles. The summed E-state index contributed by atoms with van der Waals surface area (Å²) in [5, 5.41) is 0. The number of likely N-dealkylation sites (tertiary alicyclic amines) is 1. The lowest BCUT2D eigenvalue weighted by atomic mass is 9.91. The van der Waals surface area contributed by atoms with Crippen molar-refractivity contribution in [3.8, 4) is 0 Å². The van der Waals surface area contributed by atoms with Gasteiger partial charge in [0.25, 0.3) is 5.91 Å². The monoisotopic (exact) mass is 348 g/mol. The van der Waals surface area contributed by atoms with Gasteiger partial charge in [-0.2, -0.15) is 0 Å². The summed E-state index contributed by atoms with van der Waals surface area (Å²) in [6.45, 7) is 3.89. The van der Waals surface area contributed by atoms with Crippen molar-refractivity contribution >= 4 is 11.8 Å². The number of ether oxygens (including phenoxy) is 1. The Morgan fingerprint density at radius 3 is 2.40 bits per heavy atom. The summed E-state index contributed by atoms with van der Waals surface area (Å²) in [6, 6.07) is 6.12. The molecule has 2 heterocycles. The second-order valence-electron chi connectivity index (χ2n) is 6.75. The Hall–Kier alpha value is -1.95. The first-order valence-corrected chi connectivity index (χ1v) is 9.04. The average Bonchev–Trinajstić information content (AvgIpc) is 2.67. The Labute approximate surface area is 147 Å². The molecule has 1 aromatic rings. The van der Waals surface area contributed by atoms with Gasteiger partial charge in [0.1, 0.15) is 5.82 Å². The molecule has 1 aromatic carbocycles. The molecule has 0 aromatic heterocycles. The quantitative estimate of drug-likeness (QED) is 0.839. The molecule has 0 spiro atoms. The second kappa shape index (κ2) is 8.43. The van der Waals surface area contributed by atoms with Crippen molar-refractivity contribution in [1.29, 1.82) is 0 Å². The third kappa shape index (κ3) is 4.57. The summed E-state index contributed by atoms with van der Waals surface area (Å²) in [7, 11) is 0. The van der Waals surface area contributed by atoms with Crippen LogP contribution >= 0.6 is 0 Å². The van der Waals surface area contributed by atoms with E-state index in [1.54, 1.807) is 17.0 Å². The highest BCUT2D eigenvalue weighted by Crippen LogP contribution is 2.24. The van der Waals surface area contributed by atoms with Crippen molar-refractivity contribution in [1.82, 2.24) is 9.80 Å². The molecule has 0 N–H and O–H groups in total. The molecule has 6 heteroatoms. The first-order chi connectivity index (χ1) is 12.1. The van der Waals surface area contributed by atoms with E-state index < -0.39 is 5.82 Å². The number of nitrogens with zero attached hydrogens (tertiary/aromatic N) is 2. The van der Waals surface area contributed by atoms with E-state index in [1.165, 1.54) is 12.1 Å². The van der Waals surface area contributed by atoms with E-state index in [4.69, 9.17) is 4.74 Å². The van der Waals surface area contributed by atoms with Crippen LogP contribution in [0.4, 0.5) is 4.39 Å². The molecule has 3 rings (SSSR count). The van der Waals surface area contributed by atoms with E-state index in [9.17, 15) is 14.0 Å². The Morgan fingerprint density at radius 1 is 1.04 bits per heavy atom. The maximum Gasteiger partial charge on any atom is 0.256 e. The van der Waals surface area contributed by atoms with E-state index >= 15 is 0 Å². The summed E-state index contributed by atoms with van der Waals surface area (Å²) < 4.78 is 19.0. The minimum absolute atomic E-state index is 0.142. The van der Waals surface area contributed by atoms with Crippen molar-refractivity contribution in [2.75, 3.05) is 39.4 Å². The van der Waals surface area contributed by atoms with Gasteiger partial charge < -0.3 is 14.5 Å². The maximum atomic E-state index is 13.8. The van der Waals surface area contributed by atoms with E-state index in [0.717, 1.165) is 19.3 Å². The number of amides is 2. The molecule has 0 saturated carbocycles. The smallest absolute Gasteiger partial charge is 0.256 e. The average molecular weight is 348 g/mol. The van der Waals surface area contributed by atoms with Gasteiger partial charge in [0, 0.05) is 32.6 Å². The lowest BCUT2D eigenvalue weighted by Crippen LogP contribution is -2.41. The van der Waals surface area contributed by atoms with Gasteiger partial charge in [-0.05, 0) is 37.3 Å². The fraction of sp³-hybridized carbons (Fsp3) is 0.579. The largest absolute Gasteiger partial charge is 0.378 e. The minimum atomic E-state index is -0.467. The highest BCUT2D eigenvalue weighted by molar-refractivity contribution is 5.94. The number of hydrogen-bond acceptors (Lipinski definition) is 3. The summed E-state index contributed by atoms with van der Waals surface area (Å²) >= 11 is 0. The van der Waals surface area contributed by atoms with Crippen LogP contribution < -0.4 is 0 Å². The van der Waals surface area contributed by atoms with Gasteiger partial charge in [0.15, 0.2) is 0 Å². The third-order valence-electron chi connectivity index (χ3n) is 5.14. The van der Waals surface area contributed by atoms with Crippen LogP contribution in [-0.2, 0) is 9.53 Å². The topological polar surface area (TPSA) is 49.9 Å². The van der Waals surface area contributed by atoms with E-state index in [1.807, 2.05) is 4.90 Å². The predicted molar refractivity (Wildman–Crippen MR) is 91.7 cm³/mol. The molecule has 2 amide bonds. The zero-order valence-corrected chi connectivity index (χ0v) is 14.5. The van der Waals surface area contributed by atoms with Crippen LogP contribution in [0.15, 0.2) is 24.3 Å². The van der Waals surface area contributed by atoms with Gasteiger partial charge in [-0.3, -0.25) is 9.59 Å². The number of carbonyl (C=O) groups excluding carboxylic acids is 2. The summed E-state index contributed by atoms with van der Waals surface area (Å²) in [5.74, 6) is -0.0468. The molecular weight excluding hydrogens is 323 g/mol. The van der Waals surface area contributed by atoms with Crippen molar-refractivity contribution in [2.24, 2.45) is 5.92 Å². The number of carbonyl (C=O) groups is 2. The first kappa shape index (κ1) is 17.9. The van der Waals surface area contributed by atoms with E-state index in [-0.39, 0.29) is 17.4 Å². The molecule has 0 bridgehead atoms. The minimum Gasteiger partial charge on any atom is -0.378 e. The Balaban J connectivity index is 1.43. The van der Waals surface area contributed by atoms with Crippen LogP contribution in [0, 0.1) is 11.7 Å². The van der Waals surface area contributed by atoms with Gasteiger partial charge in [0.2, 0.25) is 5.91 Å². The lowest BCUT2D eigenvalue weighted by Gasteiger charge is -2.33. The zero-order valence-electron chi connectivity index (χ0n) is 14.5. The fourth-order valence-electron chi connectivity index (χ4n) is 3.53. The fourth-order valence-corrected chi connectivity index (χ4v) is 3.53. The summed E-state index contributed by atoms with van der Waals surface area (Å²) in [4.78, 5) is 28.2. The Kier molecular flexibility index (Phi) is 6.02. The summed E-state index contributed by atoms with van der Waals surface area (Å²) in [6.07, 6.45) is 3.16. The van der Waals surface area contributed by atoms with Gasteiger partial charge in [0.05, 0.1) is 18.8 Å². The molecular formula is C19H25FN2O3. The van der Waals surface area contributed by atoms with Gasteiger partial charge in [-0.25, -0.2) is 4.39 Å². The van der Waals surface area contributed by atoms with Crippen molar-refractivity contribution < 1.29 is 18.7 Å². The SMILES string of the molecule is O=C(CCC1CCN(C(=O)c2ccccc2F)CC1)N1CCOCC1.